The molecule has 190 valence electrons. The molecule has 0 aliphatic carbocycles. The fourth-order valence-corrected chi connectivity index (χ4v) is 4.03. The first-order chi connectivity index (χ1) is 17.5. The summed E-state index contributed by atoms with van der Waals surface area (Å²) in [6.07, 6.45) is 1.26. The Hall–Kier alpha value is -3.35. The van der Waals surface area contributed by atoms with E-state index in [2.05, 4.69) is 5.32 Å². The predicted octanol–water partition coefficient (Wildman–Crippen LogP) is 4.68. The Bertz CT molecular complexity index is 1090. The second-order valence-electron chi connectivity index (χ2n) is 8.52. The Labute approximate surface area is 218 Å². The Kier molecular flexibility index (Phi) is 10.8. The predicted molar refractivity (Wildman–Crippen MR) is 142 cm³/mol. The number of hydrogen-bond acceptors (Lipinski definition) is 4. The molecule has 7 heteroatoms. The molecule has 3 aromatic carbocycles. The number of nitrogens with zero attached hydrogens (tertiary/aromatic N) is 1. The number of nitrogens with one attached hydrogen (secondary N) is 1. The number of hydrogen-bond donors (Lipinski definition) is 1. The highest BCUT2D eigenvalue weighted by Gasteiger charge is 2.30. The van der Waals surface area contributed by atoms with Gasteiger partial charge in [-0.15, -0.1) is 0 Å². The van der Waals surface area contributed by atoms with Gasteiger partial charge in [-0.05, 0) is 47.4 Å². The van der Waals surface area contributed by atoms with E-state index >= 15 is 0 Å². The van der Waals surface area contributed by atoms with Gasteiger partial charge in [0.15, 0.2) is 0 Å². The van der Waals surface area contributed by atoms with Crippen molar-refractivity contribution in [2.24, 2.45) is 0 Å². The van der Waals surface area contributed by atoms with Gasteiger partial charge in [0.25, 0.3) is 0 Å². The van der Waals surface area contributed by atoms with Crippen LogP contribution in [0.1, 0.15) is 23.1 Å². The number of carbonyl (C=O) groups excluding carboxylic acids is 2. The average molecular weight is 509 g/mol. The van der Waals surface area contributed by atoms with Gasteiger partial charge < -0.3 is 19.7 Å². The molecule has 0 aromatic heterocycles. The highest BCUT2D eigenvalue weighted by atomic mass is 35.5. The number of methoxy groups -OCH3 is 2. The first-order valence-corrected chi connectivity index (χ1v) is 12.4. The average Bonchev–Trinajstić information content (AvgIpc) is 2.90. The number of ether oxygens (including phenoxy) is 2. The molecule has 1 atom stereocenters. The molecule has 0 fully saturated rings. The molecule has 0 unspecified atom stereocenters. The minimum Gasteiger partial charge on any atom is -0.497 e. The van der Waals surface area contributed by atoms with Crippen LogP contribution in [0.25, 0.3) is 0 Å². The lowest BCUT2D eigenvalue weighted by Crippen LogP contribution is -2.51. The molecule has 1 N–H and O–H groups in total. The van der Waals surface area contributed by atoms with Crippen LogP contribution < -0.4 is 10.1 Å². The number of halogens is 1. The van der Waals surface area contributed by atoms with Gasteiger partial charge in [0.05, 0.1) is 13.5 Å². The summed E-state index contributed by atoms with van der Waals surface area (Å²) in [6.45, 7) is 1.31. The third kappa shape index (κ3) is 8.40. The summed E-state index contributed by atoms with van der Waals surface area (Å²) in [6, 6.07) is 23.8. The van der Waals surface area contributed by atoms with Gasteiger partial charge in [0, 0.05) is 38.2 Å². The molecular weight excluding hydrogens is 476 g/mol. The zero-order chi connectivity index (χ0) is 25.8. The van der Waals surface area contributed by atoms with Crippen LogP contribution in [-0.2, 0) is 33.7 Å². The van der Waals surface area contributed by atoms with Crippen molar-refractivity contribution in [3.05, 3.63) is 101 Å². The monoisotopic (exact) mass is 508 g/mol. The van der Waals surface area contributed by atoms with Crippen molar-refractivity contribution in [3.8, 4) is 5.75 Å². The Morgan fingerprint density at radius 1 is 0.889 bits per heavy atom. The van der Waals surface area contributed by atoms with Crippen molar-refractivity contribution in [2.45, 2.75) is 31.8 Å². The normalized spacial score (nSPS) is 11.5. The van der Waals surface area contributed by atoms with Crippen molar-refractivity contribution in [1.82, 2.24) is 10.2 Å². The van der Waals surface area contributed by atoms with Gasteiger partial charge in [-0.2, -0.15) is 0 Å². The van der Waals surface area contributed by atoms with E-state index in [0.717, 1.165) is 22.4 Å². The zero-order valence-electron chi connectivity index (χ0n) is 20.8. The SMILES string of the molecule is COCCCNC(=O)[C@H](Cc1ccccc1)N(Cc1ccc(OC)cc1)C(=O)Cc1ccc(Cl)cc1. The van der Waals surface area contributed by atoms with E-state index in [1.54, 1.807) is 31.3 Å². The molecule has 3 rings (SSSR count). The molecule has 2 amide bonds. The largest absolute Gasteiger partial charge is 0.497 e. The third-order valence-electron chi connectivity index (χ3n) is 5.88. The van der Waals surface area contributed by atoms with E-state index < -0.39 is 6.04 Å². The fraction of sp³-hybridized carbons (Fsp3) is 0.310. The van der Waals surface area contributed by atoms with Gasteiger partial charge in [-0.1, -0.05) is 66.2 Å². The Balaban J connectivity index is 1.90. The lowest BCUT2D eigenvalue weighted by molar-refractivity contribution is -0.140. The highest BCUT2D eigenvalue weighted by molar-refractivity contribution is 6.30. The van der Waals surface area contributed by atoms with Gasteiger partial charge in [0.1, 0.15) is 11.8 Å². The molecule has 0 radical (unpaired) electrons. The standard InChI is InChI=1S/C29H33ClN2O4/c1-35-18-6-17-31-29(34)27(19-22-7-4-3-5-8-22)32(21-24-11-15-26(36-2)16-12-24)28(33)20-23-9-13-25(30)14-10-23/h3-5,7-16,27H,6,17-21H2,1-2H3,(H,31,34)/t27-/m0/s1. The van der Waals surface area contributed by atoms with Crippen LogP contribution in [0.2, 0.25) is 5.02 Å². The summed E-state index contributed by atoms with van der Waals surface area (Å²) in [5, 5.41) is 3.61. The van der Waals surface area contributed by atoms with Crippen LogP contribution in [0.3, 0.4) is 0 Å². The van der Waals surface area contributed by atoms with Crippen molar-refractivity contribution in [2.75, 3.05) is 27.4 Å². The second kappa shape index (κ2) is 14.3. The lowest BCUT2D eigenvalue weighted by Gasteiger charge is -2.32. The molecule has 0 aliphatic rings. The molecule has 0 saturated heterocycles. The summed E-state index contributed by atoms with van der Waals surface area (Å²) < 4.78 is 10.4. The van der Waals surface area contributed by atoms with E-state index in [4.69, 9.17) is 21.1 Å². The summed E-state index contributed by atoms with van der Waals surface area (Å²) in [5.74, 6) is 0.406. The molecule has 0 heterocycles. The van der Waals surface area contributed by atoms with Crippen LogP contribution in [-0.4, -0.2) is 50.1 Å². The number of rotatable bonds is 13. The maximum absolute atomic E-state index is 13.7. The van der Waals surface area contributed by atoms with Gasteiger partial charge in [-0.25, -0.2) is 0 Å². The quantitative estimate of drug-likeness (QED) is 0.340. The molecule has 0 spiro atoms. The minimum absolute atomic E-state index is 0.138. The molecular formula is C29H33ClN2O4. The van der Waals surface area contributed by atoms with Gasteiger partial charge in [0.2, 0.25) is 11.8 Å². The number of carbonyl (C=O) groups is 2. The van der Waals surface area contributed by atoms with E-state index in [-0.39, 0.29) is 18.2 Å². The maximum atomic E-state index is 13.7. The smallest absolute Gasteiger partial charge is 0.243 e. The van der Waals surface area contributed by atoms with Crippen LogP contribution >= 0.6 is 11.6 Å². The van der Waals surface area contributed by atoms with Crippen molar-refractivity contribution >= 4 is 23.4 Å². The molecule has 0 aliphatic heterocycles. The Morgan fingerprint density at radius 2 is 1.56 bits per heavy atom. The topological polar surface area (TPSA) is 67.9 Å². The number of benzene rings is 3. The zero-order valence-corrected chi connectivity index (χ0v) is 21.5. The molecule has 6 nitrogen and oxygen atoms in total. The first-order valence-electron chi connectivity index (χ1n) is 12.0. The molecule has 0 saturated carbocycles. The van der Waals surface area contributed by atoms with Crippen LogP contribution in [0.4, 0.5) is 0 Å². The number of amides is 2. The van der Waals surface area contributed by atoms with Crippen molar-refractivity contribution < 1.29 is 19.1 Å². The summed E-state index contributed by atoms with van der Waals surface area (Å²) in [4.78, 5) is 28.8. The Morgan fingerprint density at radius 3 is 2.19 bits per heavy atom. The highest BCUT2D eigenvalue weighted by Crippen LogP contribution is 2.19. The molecule has 3 aromatic rings. The summed E-state index contributed by atoms with van der Waals surface area (Å²) in [7, 11) is 3.24. The lowest BCUT2D eigenvalue weighted by atomic mass is 10.0. The third-order valence-corrected chi connectivity index (χ3v) is 6.13. The van der Waals surface area contributed by atoms with Crippen molar-refractivity contribution in [1.29, 1.82) is 0 Å². The fourth-order valence-electron chi connectivity index (χ4n) is 3.91. The van der Waals surface area contributed by atoms with Crippen LogP contribution in [0.5, 0.6) is 5.75 Å². The first kappa shape index (κ1) is 27.2. The summed E-state index contributed by atoms with van der Waals surface area (Å²) in [5.41, 5.74) is 2.72. The van der Waals surface area contributed by atoms with Crippen LogP contribution in [0, 0.1) is 0 Å². The van der Waals surface area contributed by atoms with Crippen molar-refractivity contribution in [3.63, 3.8) is 0 Å². The molecule has 0 bridgehead atoms. The van der Waals surface area contributed by atoms with Gasteiger partial charge in [-0.3, -0.25) is 9.59 Å². The molecule has 36 heavy (non-hydrogen) atoms. The van der Waals surface area contributed by atoms with Gasteiger partial charge >= 0.3 is 0 Å². The second-order valence-corrected chi connectivity index (χ2v) is 8.95. The summed E-state index contributed by atoms with van der Waals surface area (Å²) >= 11 is 6.03. The van der Waals surface area contributed by atoms with E-state index in [9.17, 15) is 9.59 Å². The van der Waals surface area contributed by atoms with E-state index in [1.807, 2.05) is 66.7 Å². The maximum Gasteiger partial charge on any atom is 0.243 e. The van der Waals surface area contributed by atoms with E-state index in [0.29, 0.717) is 37.6 Å². The van der Waals surface area contributed by atoms with E-state index in [1.165, 1.54) is 0 Å². The van der Waals surface area contributed by atoms with Crippen LogP contribution in [0.15, 0.2) is 78.9 Å². The minimum atomic E-state index is -0.683.